The fraction of sp³-hybridized carbons (Fsp3) is 0.480. The Morgan fingerprint density at radius 3 is 2.25 bits per heavy atom. The summed E-state index contributed by atoms with van der Waals surface area (Å²) in [5, 5.41) is 6.41. The number of carbonyl (C=O) groups is 1. The molecule has 2 N–H and O–H groups in total. The van der Waals surface area contributed by atoms with E-state index in [0.29, 0.717) is 24.2 Å². The smallest absolute Gasteiger partial charge is 0.318 e. The van der Waals surface area contributed by atoms with E-state index in [1.54, 1.807) is 29.2 Å². The van der Waals surface area contributed by atoms with Crippen molar-refractivity contribution in [3.05, 3.63) is 71.3 Å². The van der Waals surface area contributed by atoms with E-state index in [2.05, 4.69) is 15.5 Å². The maximum atomic E-state index is 13.9. The van der Waals surface area contributed by atoms with Gasteiger partial charge in [0.25, 0.3) is 0 Å². The van der Waals surface area contributed by atoms with Gasteiger partial charge in [-0.15, -0.1) is 0 Å². The molecule has 32 heavy (non-hydrogen) atoms. The first kappa shape index (κ1) is 22.7. The van der Waals surface area contributed by atoms with Crippen LogP contribution in [0.4, 0.5) is 13.6 Å². The summed E-state index contributed by atoms with van der Waals surface area (Å²) in [5.41, 5.74) is 1.17. The summed E-state index contributed by atoms with van der Waals surface area (Å²) in [7, 11) is 0. The van der Waals surface area contributed by atoms with E-state index in [-0.39, 0.29) is 17.7 Å². The number of hydrogen-bond acceptors (Lipinski definition) is 3. The SMILES string of the molecule is O=C(NC(c1cccc(F)c1)c1cccc(F)c1)N1CCN(CCCC2CCNC2)CC1. The Bertz CT molecular complexity index is 850. The largest absolute Gasteiger partial charge is 0.327 e. The van der Waals surface area contributed by atoms with Gasteiger partial charge >= 0.3 is 6.03 Å². The minimum absolute atomic E-state index is 0.208. The van der Waals surface area contributed by atoms with Crippen LogP contribution in [-0.2, 0) is 0 Å². The van der Waals surface area contributed by atoms with Gasteiger partial charge in [-0.3, -0.25) is 4.90 Å². The van der Waals surface area contributed by atoms with Gasteiger partial charge in [-0.1, -0.05) is 24.3 Å². The Morgan fingerprint density at radius 1 is 1.03 bits per heavy atom. The molecule has 172 valence electrons. The van der Waals surface area contributed by atoms with Crippen molar-refractivity contribution < 1.29 is 13.6 Å². The van der Waals surface area contributed by atoms with Crippen LogP contribution in [0.1, 0.15) is 36.4 Å². The predicted octanol–water partition coefficient (Wildman–Crippen LogP) is 3.77. The number of carbonyl (C=O) groups excluding carboxylic acids is 1. The van der Waals surface area contributed by atoms with Crippen molar-refractivity contribution in [2.75, 3.05) is 45.8 Å². The molecule has 2 aliphatic heterocycles. The molecule has 0 radical (unpaired) electrons. The Balaban J connectivity index is 1.33. The number of nitrogens with one attached hydrogen (secondary N) is 2. The zero-order valence-electron chi connectivity index (χ0n) is 18.4. The second kappa shape index (κ2) is 10.9. The highest BCUT2D eigenvalue weighted by atomic mass is 19.1. The van der Waals surface area contributed by atoms with Gasteiger partial charge in [0.2, 0.25) is 0 Å². The van der Waals surface area contributed by atoms with Crippen LogP contribution >= 0.6 is 0 Å². The second-order valence-corrected chi connectivity index (χ2v) is 8.82. The van der Waals surface area contributed by atoms with E-state index in [1.807, 2.05) is 0 Å². The summed E-state index contributed by atoms with van der Waals surface area (Å²) in [6.45, 7) is 6.35. The normalized spacial score (nSPS) is 19.5. The summed E-state index contributed by atoms with van der Waals surface area (Å²) in [6.07, 6.45) is 3.74. The maximum absolute atomic E-state index is 13.9. The molecule has 2 aromatic carbocycles. The van der Waals surface area contributed by atoms with E-state index >= 15 is 0 Å². The molecule has 0 aliphatic carbocycles. The summed E-state index contributed by atoms with van der Waals surface area (Å²) in [6, 6.07) is 11.3. The van der Waals surface area contributed by atoms with Gasteiger partial charge in [-0.2, -0.15) is 0 Å². The highest BCUT2D eigenvalue weighted by Gasteiger charge is 2.25. The average Bonchev–Trinajstić information content (AvgIpc) is 3.31. The van der Waals surface area contributed by atoms with Crippen LogP contribution in [-0.4, -0.2) is 61.6 Å². The fourth-order valence-electron chi connectivity index (χ4n) is 4.69. The first-order valence-corrected chi connectivity index (χ1v) is 11.6. The standard InChI is InChI=1S/C25H32F2N4O/c26-22-7-1-5-20(16-22)24(21-6-2-8-23(27)17-21)29-25(32)31-14-12-30(13-15-31)11-3-4-19-9-10-28-18-19/h1-2,5-8,16-17,19,24,28H,3-4,9-15,18H2,(H,29,32). The van der Waals surface area contributed by atoms with Gasteiger partial charge in [-0.25, -0.2) is 13.6 Å². The van der Waals surface area contributed by atoms with Crippen LogP contribution < -0.4 is 10.6 Å². The van der Waals surface area contributed by atoms with E-state index in [1.165, 1.54) is 43.5 Å². The molecule has 2 saturated heterocycles. The van der Waals surface area contributed by atoms with E-state index < -0.39 is 6.04 Å². The first-order chi connectivity index (χ1) is 15.6. The number of piperazine rings is 1. The van der Waals surface area contributed by atoms with Crippen LogP contribution in [0.15, 0.2) is 48.5 Å². The van der Waals surface area contributed by atoms with Gasteiger partial charge in [0, 0.05) is 26.2 Å². The van der Waals surface area contributed by atoms with Crippen LogP contribution in [0.25, 0.3) is 0 Å². The third-order valence-corrected chi connectivity index (χ3v) is 6.54. The number of rotatable bonds is 7. The summed E-state index contributed by atoms with van der Waals surface area (Å²) in [4.78, 5) is 17.2. The molecule has 2 aromatic rings. The van der Waals surface area contributed by atoms with Gasteiger partial charge in [0.1, 0.15) is 11.6 Å². The number of benzene rings is 2. The van der Waals surface area contributed by atoms with Crippen LogP contribution in [0.5, 0.6) is 0 Å². The monoisotopic (exact) mass is 442 g/mol. The first-order valence-electron chi connectivity index (χ1n) is 11.6. The third-order valence-electron chi connectivity index (χ3n) is 6.54. The number of nitrogens with zero attached hydrogens (tertiary/aromatic N) is 2. The summed E-state index contributed by atoms with van der Waals surface area (Å²) in [5.74, 6) is 0.0324. The average molecular weight is 443 g/mol. The highest BCUT2D eigenvalue weighted by Crippen LogP contribution is 2.24. The van der Waals surface area contributed by atoms with Crippen molar-refractivity contribution in [2.24, 2.45) is 5.92 Å². The van der Waals surface area contributed by atoms with Crippen molar-refractivity contribution in [1.82, 2.24) is 20.4 Å². The molecule has 2 heterocycles. The molecule has 0 aromatic heterocycles. The molecule has 2 aliphatic rings. The number of halogens is 2. The zero-order chi connectivity index (χ0) is 22.3. The van der Waals surface area contributed by atoms with E-state index in [4.69, 9.17) is 0 Å². The molecule has 0 bridgehead atoms. The second-order valence-electron chi connectivity index (χ2n) is 8.82. The highest BCUT2D eigenvalue weighted by molar-refractivity contribution is 5.75. The lowest BCUT2D eigenvalue weighted by atomic mass is 9.98. The van der Waals surface area contributed by atoms with Crippen molar-refractivity contribution >= 4 is 6.03 Å². The lowest BCUT2D eigenvalue weighted by Gasteiger charge is -2.35. The zero-order valence-corrected chi connectivity index (χ0v) is 18.4. The Hall–Kier alpha value is -2.51. The fourth-order valence-corrected chi connectivity index (χ4v) is 4.69. The molecular weight excluding hydrogens is 410 g/mol. The van der Waals surface area contributed by atoms with Gasteiger partial charge in [0.05, 0.1) is 6.04 Å². The van der Waals surface area contributed by atoms with E-state index in [9.17, 15) is 13.6 Å². The van der Waals surface area contributed by atoms with Crippen LogP contribution in [0.3, 0.4) is 0 Å². The summed E-state index contributed by atoms with van der Waals surface area (Å²) < 4.78 is 27.7. The molecule has 5 nitrogen and oxygen atoms in total. The number of amides is 2. The molecule has 2 amide bonds. The molecular formula is C25H32F2N4O. The molecule has 7 heteroatoms. The summed E-state index contributed by atoms with van der Waals surface area (Å²) >= 11 is 0. The molecule has 2 fully saturated rings. The van der Waals surface area contributed by atoms with Crippen molar-refractivity contribution in [3.63, 3.8) is 0 Å². The molecule has 0 spiro atoms. The molecule has 1 atom stereocenters. The van der Waals surface area contributed by atoms with Gasteiger partial charge < -0.3 is 15.5 Å². The predicted molar refractivity (Wildman–Crippen MR) is 121 cm³/mol. The van der Waals surface area contributed by atoms with Crippen molar-refractivity contribution in [3.8, 4) is 0 Å². The molecule has 4 rings (SSSR count). The Morgan fingerprint density at radius 2 is 1.69 bits per heavy atom. The number of hydrogen-bond donors (Lipinski definition) is 2. The molecule has 1 unspecified atom stereocenters. The minimum Gasteiger partial charge on any atom is -0.327 e. The van der Waals surface area contributed by atoms with Gasteiger partial charge in [0.15, 0.2) is 0 Å². The Labute approximate surface area is 188 Å². The van der Waals surface area contributed by atoms with Crippen molar-refractivity contribution in [2.45, 2.75) is 25.3 Å². The number of urea groups is 1. The quantitative estimate of drug-likeness (QED) is 0.686. The Kier molecular flexibility index (Phi) is 7.71. The lowest BCUT2D eigenvalue weighted by Crippen LogP contribution is -2.52. The topological polar surface area (TPSA) is 47.6 Å². The lowest BCUT2D eigenvalue weighted by molar-refractivity contribution is 0.136. The van der Waals surface area contributed by atoms with E-state index in [0.717, 1.165) is 38.6 Å². The van der Waals surface area contributed by atoms with Crippen LogP contribution in [0, 0.1) is 17.6 Å². The maximum Gasteiger partial charge on any atom is 0.318 e. The minimum atomic E-state index is -0.619. The third kappa shape index (κ3) is 6.04. The van der Waals surface area contributed by atoms with Crippen molar-refractivity contribution in [1.29, 1.82) is 0 Å². The molecule has 0 saturated carbocycles. The van der Waals surface area contributed by atoms with Gasteiger partial charge in [-0.05, 0) is 80.2 Å². The van der Waals surface area contributed by atoms with Crippen LogP contribution in [0.2, 0.25) is 0 Å².